The molecule has 0 saturated heterocycles. The van der Waals surface area contributed by atoms with Gasteiger partial charge in [0.25, 0.3) is 0 Å². The second kappa shape index (κ2) is 12.3. The molecule has 1 aromatic carbocycles. The van der Waals surface area contributed by atoms with E-state index in [0.29, 0.717) is 33.9 Å². The fraction of sp³-hybridized carbons (Fsp3) is 0.414. The lowest BCUT2D eigenvalue weighted by molar-refractivity contribution is -0.138. The first-order valence-electron chi connectivity index (χ1n) is 13.0. The van der Waals surface area contributed by atoms with Crippen LogP contribution in [-0.2, 0) is 42.9 Å². The summed E-state index contributed by atoms with van der Waals surface area (Å²) in [4.78, 5) is 68.8. The number of nitrogens with zero attached hydrogens (tertiary/aromatic N) is 1. The normalized spacial score (nSPS) is 18.2. The van der Waals surface area contributed by atoms with E-state index in [1.165, 1.54) is 35.5 Å². The molecule has 0 atom stereocenters. The van der Waals surface area contributed by atoms with E-state index < -0.39 is 33.5 Å². The molecule has 0 saturated carbocycles. The number of amides is 1. The Morgan fingerprint density at radius 3 is 1.81 bits per heavy atom. The minimum absolute atomic E-state index is 0.101. The number of hydrogen-bond acceptors (Lipinski definition) is 13. The number of benzene rings is 1. The molecule has 1 spiro atoms. The van der Waals surface area contributed by atoms with Crippen LogP contribution in [0.4, 0.5) is 5.69 Å². The molecule has 3 heterocycles. The van der Waals surface area contributed by atoms with Gasteiger partial charge in [-0.2, -0.15) is 0 Å². The number of hydrogen-bond donors (Lipinski definition) is 0. The van der Waals surface area contributed by atoms with Gasteiger partial charge in [0.05, 0.1) is 52.3 Å². The van der Waals surface area contributed by atoms with E-state index in [4.69, 9.17) is 23.7 Å². The number of methoxy groups -OCH3 is 5. The number of fused-ring (bicyclic) bond motifs is 3. The molecule has 0 aromatic heterocycles. The van der Waals surface area contributed by atoms with Gasteiger partial charge in [0.1, 0.15) is 24.5 Å². The fourth-order valence-corrected chi connectivity index (χ4v) is 10.2. The number of rotatable bonds is 7. The summed E-state index contributed by atoms with van der Waals surface area (Å²) in [6.07, 6.45) is 0.837. The zero-order valence-corrected chi connectivity index (χ0v) is 27.4. The Hall–Kier alpha value is -3.36. The Morgan fingerprint density at radius 1 is 0.791 bits per heavy atom. The highest BCUT2D eigenvalue weighted by atomic mass is 32.2. The Morgan fingerprint density at radius 2 is 1.33 bits per heavy atom. The summed E-state index contributed by atoms with van der Waals surface area (Å²) in [5.74, 6) is -3.04. The zero-order chi connectivity index (χ0) is 31.9. The molecule has 0 aliphatic carbocycles. The molecule has 1 amide bonds. The van der Waals surface area contributed by atoms with E-state index in [1.54, 1.807) is 23.1 Å². The Kier molecular flexibility index (Phi) is 9.33. The summed E-state index contributed by atoms with van der Waals surface area (Å²) < 4.78 is 24.2. The minimum Gasteiger partial charge on any atom is -0.497 e. The molecule has 230 valence electrons. The van der Waals surface area contributed by atoms with Crippen molar-refractivity contribution in [1.82, 2.24) is 0 Å². The molecule has 0 radical (unpaired) electrons. The maximum Gasteiger partial charge on any atom is 0.345 e. The van der Waals surface area contributed by atoms with E-state index in [0.717, 1.165) is 35.3 Å². The average Bonchev–Trinajstić information content (AvgIpc) is 3.39. The molecule has 11 nitrogen and oxygen atoms in total. The number of esters is 4. The summed E-state index contributed by atoms with van der Waals surface area (Å²) in [5, 5.41) is 0. The largest absolute Gasteiger partial charge is 0.497 e. The standard InChI is InChI=1S/C29H31NO10S3/c1-9-10-17(31)30-16-13-14(36-4)11-12-15(16)18-23(28(30,2)3)41-20(25(33)38-6)19(24(32)37-5)29(18)42-21(26(34)39-7)22(43-29)27(35)40-8/h11-13H,9-10H2,1-8H3. The van der Waals surface area contributed by atoms with Gasteiger partial charge in [0.2, 0.25) is 5.91 Å². The fourth-order valence-electron chi connectivity index (χ4n) is 5.19. The monoisotopic (exact) mass is 649 g/mol. The second-order valence-corrected chi connectivity index (χ2v) is 13.6. The number of anilines is 1. The summed E-state index contributed by atoms with van der Waals surface area (Å²) in [6, 6.07) is 5.19. The van der Waals surface area contributed by atoms with Crippen molar-refractivity contribution in [2.45, 2.75) is 43.2 Å². The van der Waals surface area contributed by atoms with Crippen molar-refractivity contribution in [1.29, 1.82) is 0 Å². The molecule has 0 bridgehead atoms. The lowest BCUT2D eigenvalue weighted by atomic mass is 9.83. The lowest BCUT2D eigenvalue weighted by Crippen LogP contribution is -2.53. The van der Waals surface area contributed by atoms with E-state index in [1.807, 2.05) is 20.8 Å². The molecule has 1 aromatic rings. The SMILES string of the molecule is CCCC(=O)N1c2cc(OC)ccc2C2=C(SC(C(=O)OC)=C(C(=O)OC)C23SC(C(=O)OC)=C(C(=O)OC)S3)C1(C)C. The zero-order valence-electron chi connectivity index (χ0n) is 24.9. The van der Waals surface area contributed by atoms with Crippen LogP contribution in [0.1, 0.15) is 39.2 Å². The molecule has 3 aliphatic heterocycles. The van der Waals surface area contributed by atoms with Crippen LogP contribution in [0.25, 0.3) is 5.57 Å². The first kappa shape index (κ1) is 32.6. The third-order valence-electron chi connectivity index (χ3n) is 7.06. The number of ether oxygens (including phenoxy) is 5. The third kappa shape index (κ3) is 5.12. The molecule has 0 fully saturated rings. The van der Waals surface area contributed by atoms with E-state index in [-0.39, 0.29) is 32.6 Å². The van der Waals surface area contributed by atoms with Gasteiger partial charge in [-0.3, -0.25) is 4.79 Å². The van der Waals surface area contributed by atoms with Crippen LogP contribution in [0.3, 0.4) is 0 Å². The van der Waals surface area contributed by atoms with Crippen molar-refractivity contribution >= 4 is 76.3 Å². The van der Waals surface area contributed by atoms with Crippen molar-refractivity contribution in [3.05, 3.63) is 49.0 Å². The Bertz CT molecular complexity index is 1500. The topological polar surface area (TPSA) is 135 Å². The van der Waals surface area contributed by atoms with Crippen LogP contribution < -0.4 is 9.64 Å². The summed E-state index contributed by atoms with van der Waals surface area (Å²) in [7, 11) is 6.19. The van der Waals surface area contributed by atoms with Crippen LogP contribution in [0, 0.1) is 0 Å². The van der Waals surface area contributed by atoms with E-state index in [2.05, 4.69) is 0 Å². The van der Waals surface area contributed by atoms with Crippen LogP contribution >= 0.6 is 35.3 Å². The summed E-state index contributed by atoms with van der Waals surface area (Å²) >= 11 is 2.75. The Balaban J connectivity index is 2.17. The number of carbonyl (C=O) groups excluding carboxylic acids is 5. The quantitative estimate of drug-likeness (QED) is 0.305. The molecule has 43 heavy (non-hydrogen) atoms. The van der Waals surface area contributed by atoms with Crippen molar-refractivity contribution in [2.24, 2.45) is 0 Å². The summed E-state index contributed by atoms with van der Waals surface area (Å²) in [6.45, 7) is 5.56. The molecule has 0 N–H and O–H groups in total. The average molecular weight is 650 g/mol. The molecular weight excluding hydrogens is 619 g/mol. The first-order chi connectivity index (χ1) is 20.4. The van der Waals surface area contributed by atoms with Crippen molar-refractivity contribution < 1.29 is 47.7 Å². The predicted molar refractivity (Wildman–Crippen MR) is 164 cm³/mol. The van der Waals surface area contributed by atoms with Gasteiger partial charge < -0.3 is 28.6 Å². The van der Waals surface area contributed by atoms with Crippen LogP contribution in [0.5, 0.6) is 5.75 Å². The maximum atomic E-state index is 13.7. The third-order valence-corrected chi connectivity index (χ3v) is 11.7. The highest BCUT2D eigenvalue weighted by molar-refractivity contribution is 8.26. The highest BCUT2D eigenvalue weighted by Gasteiger charge is 2.61. The van der Waals surface area contributed by atoms with Gasteiger partial charge in [-0.1, -0.05) is 42.2 Å². The number of carbonyl (C=O) groups is 5. The Labute approximate surface area is 261 Å². The van der Waals surface area contributed by atoms with Crippen LogP contribution in [0.2, 0.25) is 0 Å². The molecular formula is C29H31NO10S3. The van der Waals surface area contributed by atoms with Crippen molar-refractivity contribution in [3.63, 3.8) is 0 Å². The summed E-state index contributed by atoms with van der Waals surface area (Å²) in [5.41, 5.74) is 0.323. The smallest absolute Gasteiger partial charge is 0.345 e. The van der Waals surface area contributed by atoms with Gasteiger partial charge in [-0.25, -0.2) is 19.2 Å². The van der Waals surface area contributed by atoms with Crippen molar-refractivity contribution in [3.8, 4) is 5.75 Å². The lowest BCUT2D eigenvalue weighted by Gasteiger charge is -2.50. The first-order valence-corrected chi connectivity index (χ1v) is 15.5. The number of thioether (sulfide) groups is 3. The van der Waals surface area contributed by atoms with Gasteiger partial charge >= 0.3 is 23.9 Å². The van der Waals surface area contributed by atoms with Crippen LogP contribution in [0.15, 0.2) is 43.4 Å². The van der Waals surface area contributed by atoms with Gasteiger partial charge in [0.15, 0.2) is 0 Å². The second-order valence-electron chi connectivity index (χ2n) is 9.88. The molecule has 0 unspecified atom stereocenters. The maximum absolute atomic E-state index is 13.7. The predicted octanol–water partition coefficient (Wildman–Crippen LogP) is 4.41. The minimum atomic E-state index is -1.63. The molecule has 14 heteroatoms. The van der Waals surface area contributed by atoms with Gasteiger partial charge in [0, 0.05) is 28.5 Å². The van der Waals surface area contributed by atoms with Crippen molar-refractivity contribution in [2.75, 3.05) is 40.4 Å². The molecule has 3 aliphatic rings. The van der Waals surface area contributed by atoms with Crippen LogP contribution in [-0.4, -0.2) is 75.0 Å². The molecule has 4 rings (SSSR count). The van der Waals surface area contributed by atoms with Gasteiger partial charge in [-0.15, -0.1) is 0 Å². The van der Waals surface area contributed by atoms with E-state index >= 15 is 0 Å². The van der Waals surface area contributed by atoms with E-state index in [9.17, 15) is 24.0 Å². The van der Waals surface area contributed by atoms with Gasteiger partial charge in [-0.05, 0) is 32.4 Å². The highest BCUT2D eigenvalue weighted by Crippen LogP contribution is 2.71.